The Morgan fingerprint density at radius 2 is 1.05 bits per heavy atom. The fraction of sp³-hybridized carbons (Fsp3) is 0.0625. The Morgan fingerprint density at radius 1 is 0.644 bits per heavy atom. The average Bonchev–Trinajstić information content (AvgIpc) is 3.61. The second kappa shape index (κ2) is 17.6. The van der Waals surface area contributed by atoms with Crippen molar-refractivity contribution in [2.24, 2.45) is 30.7 Å². The van der Waals surface area contributed by atoms with Gasteiger partial charge in [0.15, 0.2) is 0 Å². The molecule has 2 aromatic heterocycles. The number of aromatic nitrogens is 4. The minimum Gasteiger partial charge on any atom is -0.871 e. The summed E-state index contributed by atoms with van der Waals surface area (Å²) in [4.78, 5) is 44.8. The maximum absolute atomic E-state index is 12.6. The molecule has 4 aromatic carbocycles. The van der Waals surface area contributed by atoms with Crippen LogP contribution >= 0.6 is 0 Å². The van der Waals surface area contributed by atoms with Crippen LogP contribution in [0.4, 0.5) is 34.1 Å². The number of nitro benzene ring substituents is 2. The Bertz CT molecular complexity index is 2830. The second-order valence-electron chi connectivity index (χ2n) is 11.6. The first-order valence-corrected chi connectivity index (χ1v) is 18.8. The molecule has 0 atom stereocenters. The molecule has 0 unspecified atom stereocenters. The molecular weight excluding hydrogens is 861 g/mol. The molecule has 59 heavy (non-hydrogen) atoms. The molecule has 0 bridgehead atoms. The van der Waals surface area contributed by atoms with E-state index in [1.807, 2.05) is 0 Å². The molecule has 0 amide bonds. The summed E-state index contributed by atoms with van der Waals surface area (Å²) in [7, 11) is -7.95. The maximum atomic E-state index is 12.6. The molecule has 0 aliphatic rings. The number of phenols is 1. The molecule has 1 radical (unpaired) electrons. The third-order valence-electron chi connectivity index (χ3n) is 7.60. The van der Waals surface area contributed by atoms with Crippen molar-refractivity contribution in [2.75, 3.05) is 0 Å². The molecule has 27 heteroatoms. The largest absolute Gasteiger partial charge is 3.00 e. The summed E-state index contributed by atoms with van der Waals surface area (Å²) in [5, 5.41) is 76.3. The third kappa shape index (κ3) is 10.2. The van der Waals surface area contributed by atoms with Gasteiger partial charge >= 0.3 is 17.4 Å². The first kappa shape index (κ1) is 44.6. The Kier molecular flexibility index (Phi) is 13.3. The number of rotatable bonds is 10. The van der Waals surface area contributed by atoms with Crippen LogP contribution < -0.4 is 36.7 Å². The van der Waals surface area contributed by atoms with Crippen LogP contribution in [0.2, 0.25) is 0 Å². The molecule has 0 aliphatic heterocycles. The maximum Gasteiger partial charge on any atom is 3.00 e. The predicted molar refractivity (Wildman–Crippen MR) is 199 cm³/mol. The van der Waals surface area contributed by atoms with Crippen molar-refractivity contribution in [1.29, 1.82) is 0 Å². The molecule has 6 rings (SSSR count). The van der Waals surface area contributed by atoms with Crippen LogP contribution in [0.1, 0.15) is 11.4 Å². The molecule has 0 saturated carbocycles. The molecule has 303 valence electrons. The van der Waals surface area contributed by atoms with Gasteiger partial charge in [0.25, 0.3) is 22.5 Å². The third-order valence-corrected chi connectivity index (χ3v) is 9.42. The molecular formula is C32H25CrN12O12S2. The zero-order valence-corrected chi connectivity index (χ0v) is 32.8. The normalized spacial score (nSPS) is 11.6. The number of primary sulfonamides is 2. The summed E-state index contributed by atoms with van der Waals surface area (Å²) in [5.74, 6) is -1.22. The second-order valence-corrected chi connectivity index (χ2v) is 14.7. The first-order valence-electron chi connectivity index (χ1n) is 15.7. The molecule has 0 spiro atoms. The van der Waals surface area contributed by atoms with Crippen LogP contribution in [0.5, 0.6) is 11.5 Å². The number of phenolic OH excluding ortho intramolecular Hbond substituents is 1. The van der Waals surface area contributed by atoms with Crippen molar-refractivity contribution in [2.45, 2.75) is 23.6 Å². The van der Waals surface area contributed by atoms with Gasteiger partial charge in [0.2, 0.25) is 20.0 Å². The molecule has 24 nitrogen and oxygen atoms in total. The predicted octanol–water partition coefficient (Wildman–Crippen LogP) is 2.92. The smallest absolute Gasteiger partial charge is 0.871 e. The van der Waals surface area contributed by atoms with E-state index in [-0.39, 0.29) is 78.4 Å². The fourth-order valence-electron chi connectivity index (χ4n) is 4.78. The Hall–Kier alpha value is -7.15. The van der Waals surface area contributed by atoms with Gasteiger partial charge in [-0.25, -0.2) is 27.1 Å². The zero-order valence-electron chi connectivity index (χ0n) is 29.9. The van der Waals surface area contributed by atoms with Crippen LogP contribution in [0.15, 0.2) is 125 Å². The van der Waals surface area contributed by atoms with Gasteiger partial charge in [-0.2, -0.15) is 5.11 Å². The number of azo groups is 2. The van der Waals surface area contributed by atoms with Crippen LogP contribution in [0.3, 0.4) is 0 Å². The summed E-state index contributed by atoms with van der Waals surface area (Å²) in [6.45, 7) is 2.97. The number of nitro groups is 2. The molecule has 6 aromatic rings. The number of hydrogen-bond donors (Lipinski definition) is 3. The topological polar surface area (TPSA) is 372 Å². The van der Waals surface area contributed by atoms with Crippen LogP contribution in [0.25, 0.3) is 11.4 Å². The van der Waals surface area contributed by atoms with E-state index in [4.69, 9.17) is 10.3 Å². The number of hydrogen-bond acceptors (Lipinski definition) is 16. The number of aromatic hydroxyl groups is 1. The molecule has 2 heterocycles. The van der Waals surface area contributed by atoms with Gasteiger partial charge in [-0.05, 0) is 48.5 Å². The van der Waals surface area contributed by atoms with E-state index in [1.54, 1.807) is 0 Å². The van der Waals surface area contributed by atoms with Crippen LogP contribution in [-0.4, -0.2) is 41.2 Å². The van der Waals surface area contributed by atoms with Gasteiger partial charge in [0.05, 0.1) is 31.4 Å². The van der Waals surface area contributed by atoms with Crippen molar-refractivity contribution in [3.8, 4) is 22.9 Å². The number of aryl methyl sites for hydroxylation is 2. The summed E-state index contributed by atoms with van der Waals surface area (Å²) >= 11 is 0. The minimum atomic E-state index is -3.98. The summed E-state index contributed by atoms with van der Waals surface area (Å²) < 4.78 is 47.9. The molecule has 5 N–H and O–H groups in total. The first-order chi connectivity index (χ1) is 27.1. The average molecular weight is 886 g/mol. The summed E-state index contributed by atoms with van der Waals surface area (Å²) in [6, 6.07) is 16.8. The van der Waals surface area contributed by atoms with Gasteiger partial charge < -0.3 is 29.8 Å². The van der Waals surface area contributed by atoms with Gasteiger partial charge in [-0.3, -0.25) is 29.8 Å². The van der Waals surface area contributed by atoms with E-state index >= 15 is 0 Å². The van der Waals surface area contributed by atoms with Crippen molar-refractivity contribution in [3.63, 3.8) is 0 Å². The number of benzene rings is 4. The molecule has 0 saturated heterocycles. The SMILES string of the molecule is Cc1[n-]n(-c2cccc(S(N)(=O)=O)c2)c(=O)c1N=Nc1ccc([N+](=O)[O-])cc1O.Cc1[n-]n(-c2cccc(S(N)(=O)=O)c2)c(=O)c1N=Nc1ccc([N+](=O)[O-])cc1[O-].[Cr+3]. The van der Waals surface area contributed by atoms with Crippen LogP contribution in [0, 0.1) is 34.1 Å². The summed E-state index contributed by atoms with van der Waals surface area (Å²) in [6.07, 6.45) is 0. The van der Waals surface area contributed by atoms with Crippen molar-refractivity contribution < 1.29 is 54.3 Å². The van der Waals surface area contributed by atoms with E-state index in [0.717, 1.165) is 39.7 Å². The molecule has 0 fully saturated rings. The van der Waals surface area contributed by atoms with Crippen molar-refractivity contribution >= 4 is 54.2 Å². The van der Waals surface area contributed by atoms with Crippen LogP contribution in [-0.2, 0) is 37.4 Å². The number of nitrogens with zero attached hydrogens (tertiary/aromatic N) is 10. The monoisotopic (exact) mass is 885 g/mol. The van der Waals surface area contributed by atoms with E-state index in [9.17, 15) is 56.9 Å². The number of non-ortho nitro benzene ring substituents is 2. The zero-order chi connectivity index (χ0) is 42.7. The number of nitrogens with two attached hydrogens (primary N) is 2. The minimum absolute atomic E-state index is 0. The van der Waals surface area contributed by atoms with E-state index in [2.05, 4.69) is 30.7 Å². The fourth-order valence-corrected chi connectivity index (χ4v) is 5.88. The van der Waals surface area contributed by atoms with E-state index < -0.39 is 58.2 Å². The van der Waals surface area contributed by atoms with Gasteiger partial charge in [-0.15, -0.1) is 26.7 Å². The Balaban J connectivity index is 0.000000256. The number of sulfonamides is 2. The van der Waals surface area contributed by atoms with Crippen molar-refractivity contribution in [1.82, 2.24) is 19.6 Å². The van der Waals surface area contributed by atoms with Gasteiger partial charge in [0.1, 0.15) is 22.8 Å². The quantitative estimate of drug-likeness (QED) is 0.101. The Morgan fingerprint density at radius 3 is 1.44 bits per heavy atom. The Labute approximate surface area is 341 Å². The summed E-state index contributed by atoms with van der Waals surface area (Å²) in [5.41, 5.74) is -2.04. The van der Waals surface area contributed by atoms with Crippen molar-refractivity contribution in [3.05, 3.63) is 137 Å². The van der Waals surface area contributed by atoms with E-state index in [1.165, 1.54) is 68.4 Å². The standard InChI is InChI=1S/2C16H14N6O6S.Cr/c2*1-9-15(19-18-13-6-5-11(22(25)26)8-14(13)23)16(24)21(20-9)10-3-2-4-12(7-10)29(17,27)28;/h2*2-8H,1H3,(H4,17,18,19,20,23,24,27,28);/q;;+3/p-3. The van der Waals surface area contributed by atoms with Gasteiger partial charge in [-0.1, -0.05) is 31.7 Å². The van der Waals surface area contributed by atoms with E-state index in [0.29, 0.717) is 0 Å². The van der Waals surface area contributed by atoms with Gasteiger partial charge in [0, 0.05) is 29.6 Å². The molecule has 0 aliphatic carbocycles.